The Hall–Kier alpha value is -1.30. The molecule has 2 heterocycles. The zero-order chi connectivity index (χ0) is 12.1. The van der Waals surface area contributed by atoms with Gasteiger partial charge < -0.3 is 9.55 Å². The van der Waals surface area contributed by atoms with E-state index in [1.54, 1.807) is 0 Å². The second-order valence-corrected chi connectivity index (χ2v) is 6.06. The highest BCUT2D eigenvalue weighted by Gasteiger charge is 2.26. The van der Waals surface area contributed by atoms with Gasteiger partial charge in [0.15, 0.2) is 0 Å². The summed E-state index contributed by atoms with van der Waals surface area (Å²) in [4.78, 5) is 7.66. The fourth-order valence-corrected chi connectivity index (χ4v) is 2.95. The number of hydrogen-bond acceptors (Lipinski definition) is 1. The van der Waals surface area contributed by atoms with Gasteiger partial charge >= 0.3 is 0 Å². The van der Waals surface area contributed by atoms with Crippen molar-refractivity contribution >= 4 is 33.5 Å². The Labute approximate surface area is 118 Å². The van der Waals surface area contributed by atoms with Gasteiger partial charge in [-0.25, -0.2) is 4.98 Å². The molecule has 0 amide bonds. The maximum atomic E-state index is 4.32. The predicted molar refractivity (Wildman–Crippen MR) is 80.5 cm³/mol. The van der Waals surface area contributed by atoms with Gasteiger partial charge in [0.2, 0.25) is 0 Å². The third-order valence-electron chi connectivity index (χ3n) is 3.53. The van der Waals surface area contributed by atoms with Crippen LogP contribution in [0, 0.1) is 3.57 Å². The van der Waals surface area contributed by atoms with Gasteiger partial charge in [-0.05, 0) is 53.6 Å². The Morgan fingerprint density at radius 1 is 1.33 bits per heavy atom. The van der Waals surface area contributed by atoms with Gasteiger partial charge in [0, 0.05) is 32.3 Å². The van der Waals surface area contributed by atoms with Crippen LogP contribution in [0.25, 0.3) is 22.2 Å². The van der Waals surface area contributed by atoms with Crippen molar-refractivity contribution < 1.29 is 0 Å². The van der Waals surface area contributed by atoms with Gasteiger partial charge in [0.25, 0.3) is 0 Å². The van der Waals surface area contributed by atoms with Crippen molar-refractivity contribution in [3.05, 3.63) is 40.5 Å². The van der Waals surface area contributed by atoms with Crippen LogP contribution < -0.4 is 0 Å². The number of aromatic amines is 1. The molecule has 0 aliphatic heterocycles. The molecule has 0 radical (unpaired) electrons. The maximum Gasteiger partial charge on any atom is 0.0953 e. The number of nitrogens with one attached hydrogen (secondary N) is 1. The van der Waals surface area contributed by atoms with Crippen molar-refractivity contribution in [1.29, 1.82) is 0 Å². The average Bonchev–Trinajstić information content (AvgIpc) is 2.96. The summed E-state index contributed by atoms with van der Waals surface area (Å²) in [6.07, 6.45) is 8.59. The zero-order valence-corrected chi connectivity index (χ0v) is 11.9. The van der Waals surface area contributed by atoms with E-state index in [0.29, 0.717) is 6.04 Å². The number of hydrogen-bond donors (Lipinski definition) is 1. The lowest BCUT2D eigenvalue weighted by molar-refractivity contribution is 0.748. The summed E-state index contributed by atoms with van der Waals surface area (Å²) >= 11 is 2.36. The minimum absolute atomic E-state index is 0.662. The predicted octanol–water partition coefficient (Wildman–Crippen LogP) is 3.97. The van der Waals surface area contributed by atoms with Crippen LogP contribution in [0.1, 0.15) is 18.9 Å². The smallest absolute Gasteiger partial charge is 0.0953 e. The molecule has 90 valence electrons. The molecule has 4 rings (SSSR count). The summed E-state index contributed by atoms with van der Waals surface area (Å²) in [5, 5.41) is 1.28. The highest BCUT2D eigenvalue weighted by Crippen LogP contribution is 2.39. The Kier molecular flexibility index (Phi) is 2.27. The molecule has 0 bridgehead atoms. The molecule has 3 nitrogen and oxygen atoms in total. The van der Waals surface area contributed by atoms with Crippen LogP contribution in [-0.4, -0.2) is 14.5 Å². The van der Waals surface area contributed by atoms with E-state index < -0.39 is 0 Å². The molecule has 1 N–H and O–H groups in total. The number of fused-ring (bicyclic) bond motifs is 1. The van der Waals surface area contributed by atoms with Crippen LogP contribution in [0.3, 0.4) is 0 Å². The van der Waals surface area contributed by atoms with E-state index in [4.69, 9.17) is 0 Å². The summed E-state index contributed by atoms with van der Waals surface area (Å²) in [5.74, 6) is 0. The summed E-state index contributed by atoms with van der Waals surface area (Å²) in [6, 6.07) is 7.15. The highest BCUT2D eigenvalue weighted by molar-refractivity contribution is 14.1. The Balaban J connectivity index is 1.95. The molecule has 1 aromatic carbocycles. The molecule has 3 aromatic rings. The first-order chi connectivity index (χ1) is 8.83. The van der Waals surface area contributed by atoms with Crippen molar-refractivity contribution in [2.45, 2.75) is 18.9 Å². The average molecular weight is 349 g/mol. The number of halogens is 1. The third-order valence-corrected chi connectivity index (χ3v) is 4.20. The van der Waals surface area contributed by atoms with E-state index in [-0.39, 0.29) is 0 Å². The van der Waals surface area contributed by atoms with Gasteiger partial charge in [-0.1, -0.05) is 0 Å². The summed E-state index contributed by atoms with van der Waals surface area (Å²) in [6.45, 7) is 0. The molecule has 18 heavy (non-hydrogen) atoms. The molecule has 4 heteroatoms. The van der Waals surface area contributed by atoms with Crippen molar-refractivity contribution in [2.75, 3.05) is 0 Å². The topological polar surface area (TPSA) is 33.6 Å². The number of benzene rings is 1. The molecular formula is C14H12IN3. The molecule has 2 aromatic heterocycles. The summed E-state index contributed by atoms with van der Waals surface area (Å²) < 4.78 is 3.57. The first-order valence-corrected chi connectivity index (χ1v) is 7.19. The molecule has 0 atom stereocenters. The van der Waals surface area contributed by atoms with Crippen molar-refractivity contribution in [3.63, 3.8) is 0 Å². The summed E-state index contributed by atoms with van der Waals surface area (Å²) in [5.41, 5.74) is 3.67. The van der Waals surface area contributed by atoms with E-state index in [1.807, 2.05) is 12.5 Å². The van der Waals surface area contributed by atoms with Crippen LogP contribution in [-0.2, 0) is 0 Å². The Bertz CT molecular complexity index is 722. The van der Waals surface area contributed by atoms with E-state index in [1.165, 1.54) is 38.6 Å². The van der Waals surface area contributed by atoms with Gasteiger partial charge in [-0.15, -0.1) is 0 Å². The van der Waals surface area contributed by atoms with Crippen LogP contribution in [0.4, 0.5) is 0 Å². The minimum atomic E-state index is 0.662. The molecule has 0 saturated heterocycles. The van der Waals surface area contributed by atoms with Crippen molar-refractivity contribution in [3.8, 4) is 11.3 Å². The second-order valence-electron chi connectivity index (χ2n) is 4.81. The molecular weight excluding hydrogens is 337 g/mol. The lowest BCUT2D eigenvalue weighted by Gasteiger charge is -2.05. The minimum Gasteiger partial charge on any atom is -0.360 e. The molecule has 1 fully saturated rings. The Morgan fingerprint density at radius 2 is 2.22 bits per heavy atom. The molecule has 1 aliphatic rings. The normalized spacial score (nSPS) is 15.4. The number of H-pyrrole nitrogens is 1. The third kappa shape index (κ3) is 1.59. The molecule has 0 spiro atoms. The zero-order valence-electron chi connectivity index (χ0n) is 9.73. The number of imidazole rings is 1. The number of aromatic nitrogens is 3. The van der Waals surface area contributed by atoms with Gasteiger partial charge in [-0.2, -0.15) is 0 Å². The first kappa shape index (κ1) is 10.6. The van der Waals surface area contributed by atoms with E-state index in [9.17, 15) is 0 Å². The monoisotopic (exact) mass is 349 g/mol. The SMILES string of the molecule is Ic1ccc2[nH]cc(-c3cncn3C3CC3)c2c1. The van der Waals surface area contributed by atoms with Crippen LogP contribution in [0.5, 0.6) is 0 Å². The van der Waals surface area contributed by atoms with E-state index in [2.05, 4.69) is 61.5 Å². The van der Waals surface area contributed by atoms with Crippen molar-refractivity contribution in [2.24, 2.45) is 0 Å². The number of nitrogens with zero attached hydrogens (tertiary/aromatic N) is 2. The van der Waals surface area contributed by atoms with E-state index >= 15 is 0 Å². The number of rotatable bonds is 2. The first-order valence-electron chi connectivity index (χ1n) is 6.12. The van der Waals surface area contributed by atoms with E-state index in [0.717, 1.165) is 0 Å². The van der Waals surface area contributed by atoms with Gasteiger partial charge in [-0.3, -0.25) is 0 Å². The second kappa shape index (κ2) is 3.85. The van der Waals surface area contributed by atoms with Crippen LogP contribution in [0.2, 0.25) is 0 Å². The largest absolute Gasteiger partial charge is 0.360 e. The van der Waals surface area contributed by atoms with Crippen LogP contribution >= 0.6 is 22.6 Å². The molecule has 1 aliphatic carbocycles. The lowest BCUT2D eigenvalue weighted by atomic mass is 10.1. The maximum absolute atomic E-state index is 4.32. The fourth-order valence-electron chi connectivity index (χ4n) is 2.46. The molecule has 0 unspecified atom stereocenters. The lowest BCUT2D eigenvalue weighted by Crippen LogP contribution is -1.93. The standard InChI is InChI=1S/C14H12IN3/c15-9-1-4-13-11(5-9)12(6-17-13)14-7-16-8-18(14)10-2-3-10/h1,4-8,10,17H,2-3H2. The fraction of sp³-hybridized carbons (Fsp3) is 0.214. The van der Waals surface area contributed by atoms with Crippen LogP contribution in [0.15, 0.2) is 36.9 Å². The Morgan fingerprint density at radius 3 is 3.06 bits per heavy atom. The highest BCUT2D eigenvalue weighted by atomic mass is 127. The summed E-state index contributed by atoms with van der Waals surface area (Å²) in [7, 11) is 0. The van der Waals surface area contributed by atoms with Gasteiger partial charge in [0.1, 0.15) is 0 Å². The van der Waals surface area contributed by atoms with Gasteiger partial charge in [0.05, 0.1) is 18.2 Å². The van der Waals surface area contributed by atoms with Crippen molar-refractivity contribution in [1.82, 2.24) is 14.5 Å². The quantitative estimate of drug-likeness (QED) is 0.698. The molecule has 1 saturated carbocycles.